The van der Waals surface area contributed by atoms with Crippen LogP contribution < -0.4 is 10.6 Å². The lowest BCUT2D eigenvalue weighted by atomic mass is 9.71. The van der Waals surface area contributed by atoms with Crippen LogP contribution in [0.4, 0.5) is 5.82 Å². The van der Waals surface area contributed by atoms with E-state index in [-0.39, 0.29) is 11.3 Å². The summed E-state index contributed by atoms with van der Waals surface area (Å²) in [6.07, 6.45) is 9.87. The van der Waals surface area contributed by atoms with Crippen LogP contribution in [0.5, 0.6) is 0 Å². The van der Waals surface area contributed by atoms with Gasteiger partial charge in [-0.3, -0.25) is 9.48 Å². The van der Waals surface area contributed by atoms with Crippen molar-refractivity contribution < 1.29 is 4.79 Å². The van der Waals surface area contributed by atoms with E-state index >= 15 is 0 Å². The Morgan fingerprint density at radius 1 is 1.15 bits per heavy atom. The van der Waals surface area contributed by atoms with E-state index < -0.39 is 0 Å². The molecule has 146 valence electrons. The smallest absolute Gasteiger partial charge is 0.223 e. The van der Waals surface area contributed by atoms with Gasteiger partial charge in [-0.25, -0.2) is 9.97 Å². The van der Waals surface area contributed by atoms with E-state index in [9.17, 15) is 4.79 Å². The summed E-state index contributed by atoms with van der Waals surface area (Å²) >= 11 is 0. The van der Waals surface area contributed by atoms with Crippen molar-refractivity contribution >= 4 is 22.8 Å². The van der Waals surface area contributed by atoms with Gasteiger partial charge >= 0.3 is 0 Å². The van der Waals surface area contributed by atoms with Crippen LogP contribution in [0, 0.1) is 5.41 Å². The maximum Gasteiger partial charge on any atom is 0.223 e. The third-order valence-corrected chi connectivity index (χ3v) is 6.31. The van der Waals surface area contributed by atoms with Gasteiger partial charge in [0.15, 0.2) is 5.65 Å². The van der Waals surface area contributed by atoms with Gasteiger partial charge in [-0.1, -0.05) is 19.3 Å². The van der Waals surface area contributed by atoms with Crippen LogP contribution >= 0.6 is 0 Å². The van der Waals surface area contributed by atoms with E-state index in [2.05, 4.69) is 20.0 Å². The molecule has 1 aliphatic heterocycles. The second kappa shape index (κ2) is 7.42. The maximum absolute atomic E-state index is 12.9. The minimum Gasteiger partial charge on any atom is -0.352 e. The maximum atomic E-state index is 12.9. The van der Waals surface area contributed by atoms with Crippen LogP contribution in [-0.2, 0) is 11.8 Å². The predicted octanol–water partition coefficient (Wildman–Crippen LogP) is 1.31. The topological polar surface area (TPSA) is 93.2 Å². The first-order valence-corrected chi connectivity index (χ1v) is 9.97. The number of carbonyl (C=O) groups is 1. The van der Waals surface area contributed by atoms with Crippen molar-refractivity contribution in [3.8, 4) is 0 Å². The number of fused-ring (bicyclic) bond motifs is 1. The molecule has 0 radical (unpaired) electrons. The SMILES string of the molecule is Cn1ncc2c(N3CCN(C(=O)CC4(CN)CCCCC4)CC3)ncnc21. The Kier molecular flexibility index (Phi) is 4.99. The first kappa shape index (κ1) is 18.2. The first-order valence-electron chi connectivity index (χ1n) is 9.97. The Bertz CT molecular complexity index is 803. The molecule has 4 rings (SSSR count). The normalized spacial score (nSPS) is 20.2. The van der Waals surface area contributed by atoms with Crippen LogP contribution in [0.15, 0.2) is 12.5 Å². The average Bonchev–Trinajstić information content (AvgIpc) is 3.10. The van der Waals surface area contributed by atoms with E-state index in [0.717, 1.165) is 55.9 Å². The Morgan fingerprint density at radius 2 is 1.89 bits per heavy atom. The lowest BCUT2D eigenvalue weighted by molar-refractivity contribution is -0.134. The van der Waals surface area contributed by atoms with Gasteiger partial charge in [0.1, 0.15) is 12.1 Å². The molecule has 0 atom stereocenters. The summed E-state index contributed by atoms with van der Waals surface area (Å²) in [5.74, 6) is 1.17. The molecule has 1 amide bonds. The van der Waals surface area contributed by atoms with Gasteiger partial charge in [0.05, 0.1) is 11.6 Å². The van der Waals surface area contributed by atoms with E-state index in [1.807, 2.05) is 18.1 Å². The molecule has 1 aliphatic carbocycles. The van der Waals surface area contributed by atoms with Crippen LogP contribution in [-0.4, -0.2) is 63.3 Å². The summed E-state index contributed by atoms with van der Waals surface area (Å²) in [7, 11) is 1.88. The van der Waals surface area contributed by atoms with Crippen molar-refractivity contribution in [3.05, 3.63) is 12.5 Å². The zero-order valence-electron chi connectivity index (χ0n) is 16.1. The largest absolute Gasteiger partial charge is 0.352 e. The number of nitrogens with two attached hydrogens (primary N) is 1. The summed E-state index contributed by atoms with van der Waals surface area (Å²) in [4.78, 5) is 25.9. The number of aryl methyl sites for hydroxylation is 1. The number of amides is 1. The molecule has 8 heteroatoms. The lowest BCUT2D eigenvalue weighted by Gasteiger charge is -2.40. The van der Waals surface area contributed by atoms with Crippen molar-refractivity contribution in [2.75, 3.05) is 37.6 Å². The summed E-state index contributed by atoms with van der Waals surface area (Å²) in [5, 5.41) is 5.25. The second-order valence-corrected chi connectivity index (χ2v) is 8.01. The Hall–Kier alpha value is -2.22. The molecule has 1 saturated heterocycles. The van der Waals surface area contributed by atoms with Gasteiger partial charge in [0.2, 0.25) is 5.91 Å². The molecule has 1 saturated carbocycles. The minimum atomic E-state index is 0.0288. The monoisotopic (exact) mass is 371 g/mol. The number of hydrogen-bond donors (Lipinski definition) is 1. The van der Waals surface area contributed by atoms with Crippen molar-refractivity contribution in [2.24, 2.45) is 18.2 Å². The average molecular weight is 371 g/mol. The molecule has 0 aromatic carbocycles. The Balaban J connectivity index is 1.40. The zero-order valence-corrected chi connectivity index (χ0v) is 16.1. The molecule has 0 unspecified atom stereocenters. The zero-order chi connectivity index (χ0) is 18.9. The predicted molar refractivity (Wildman–Crippen MR) is 104 cm³/mol. The van der Waals surface area contributed by atoms with Gasteiger partial charge in [-0.05, 0) is 24.8 Å². The van der Waals surface area contributed by atoms with E-state index in [1.165, 1.54) is 19.3 Å². The Labute approximate surface area is 159 Å². The molecule has 8 nitrogen and oxygen atoms in total. The number of carbonyl (C=O) groups excluding carboxylic acids is 1. The number of aromatic nitrogens is 4. The molecule has 2 aromatic heterocycles. The molecule has 0 spiro atoms. The van der Waals surface area contributed by atoms with Gasteiger partial charge in [-0.15, -0.1) is 0 Å². The Morgan fingerprint density at radius 3 is 2.59 bits per heavy atom. The summed E-state index contributed by atoms with van der Waals surface area (Å²) in [5.41, 5.74) is 6.93. The molecule has 0 bridgehead atoms. The second-order valence-electron chi connectivity index (χ2n) is 8.01. The van der Waals surface area contributed by atoms with Crippen LogP contribution in [0.1, 0.15) is 38.5 Å². The van der Waals surface area contributed by atoms with Crippen LogP contribution in [0.3, 0.4) is 0 Å². The van der Waals surface area contributed by atoms with E-state index in [0.29, 0.717) is 13.0 Å². The summed E-state index contributed by atoms with van der Waals surface area (Å²) < 4.78 is 1.76. The van der Waals surface area contributed by atoms with Gasteiger partial charge < -0.3 is 15.5 Å². The third-order valence-electron chi connectivity index (χ3n) is 6.31. The number of piperazine rings is 1. The highest BCUT2D eigenvalue weighted by molar-refractivity contribution is 5.86. The van der Waals surface area contributed by atoms with Gasteiger partial charge in [0, 0.05) is 39.6 Å². The highest BCUT2D eigenvalue weighted by Gasteiger charge is 2.35. The van der Waals surface area contributed by atoms with E-state index in [4.69, 9.17) is 5.73 Å². The number of nitrogens with zero attached hydrogens (tertiary/aromatic N) is 6. The molecule has 3 heterocycles. The first-order chi connectivity index (χ1) is 13.1. The highest BCUT2D eigenvalue weighted by atomic mass is 16.2. The number of anilines is 1. The van der Waals surface area contributed by atoms with Gasteiger partial charge in [-0.2, -0.15) is 5.10 Å². The van der Waals surface area contributed by atoms with Crippen molar-refractivity contribution in [1.29, 1.82) is 0 Å². The molecule has 27 heavy (non-hydrogen) atoms. The number of rotatable bonds is 4. The number of hydrogen-bond acceptors (Lipinski definition) is 6. The fraction of sp³-hybridized carbons (Fsp3) is 0.684. The lowest BCUT2D eigenvalue weighted by Crippen LogP contribution is -2.50. The molecule has 2 aromatic rings. The summed E-state index contributed by atoms with van der Waals surface area (Å²) in [6, 6.07) is 0. The summed E-state index contributed by atoms with van der Waals surface area (Å²) in [6.45, 7) is 3.64. The molecule has 2 fully saturated rings. The quantitative estimate of drug-likeness (QED) is 0.871. The minimum absolute atomic E-state index is 0.0288. The fourth-order valence-electron chi connectivity index (χ4n) is 4.56. The van der Waals surface area contributed by atoms with Crippen molar-refractivity contribution in [3.63, 3.8) is 0 Å². The fourth-order valence-corrected chi connectivity index (χ4v) is 4.56. The van der Waals surface area contributed by atoms with Crippen molar-refractivity contribution in [2.45, 2.75) is 38.5 Å². The molecule has 2 N–H and O–H groups in total. The van der Waals surface area contributed by atoms with Gasteiger partial charge in [0.25, 0.3) is 0 Å². The molecular weight excluding hydrogens is 342 g/mol. The molecular formula is C19H29N7O. The standard InChI is InChI=1S/C19H29N7O/c1-24-17-15(12-23-24)18(22-14-21-17)26-9-7-25(8-10-26)16(27)11-19(13-20)5-3-2-4-6-19/h12,14H,2-11,13,20H2,1H3. The third kappa shape index (κ3) is 3.50. The highest BCUT2D eigenvalue weighted by Crippen LogP contribution is 2.39. The van der Waals surface area contributed by atoms with E-state index in [1.54, 1.807) is 11.0 Å². The van der Waals surface area contributed by atoms with Crippen LogP contribution in [0.2, 0.25) is 0 Å². The molecule has 2 aliphatic rings. The van der Waals surface area contributed by atoms with Crippen LogP contribution in [0.25, 0.3) is 11.0 Å². The van der Waals surface area contributed by atoms with Crippen molar-refractivity contribution in [1.82, 2.24) is 24.6 Å².